The molecule has 13 heteroatoms. The van der Waals surface area contributed by atoms with Gasteiger partial charge in [0.1, 0.15) is 18.8 Å². The summed E-state index contributed by atoms with van der Waals surface area (Å²) in [6, 6.07) is 15.1. The van der Waals surface area contributed by atoms with E-state index in [0.29, 0.717) is 35.4 Å². The Morgan fingerprint density at radius 2 is 1.67 bits per heavy atom. The number of methoxy groups -OCH3 is 2. The van der Waals surface area contributed by atoms with Crippen molar-refractivity contribution in [1.82, 2.24) is 14.4 Å². The molecule has 2 aliphatic rings. The Morgan fingerprint density at radius 3 is 2.39 bits per heavy atom. The number of nitrogens with zero attached hydrogens (tertiary/aromatic N) is 3. The number of ether oxygens (including phenoxy) is 5. The Hall–Kier alpha value is -4.01. The summed E-state index contributed by atoms with van der Waals surface area (Å²) in [6.45, 7) is 5.41. The average molecular weight is 721 g/mol. The SMILES string of the molecule is COc1cc2cc(C(=O)CCC(=O)OCC(CN3CCC(N4CCOCC4)CC3)OC(=O)[C@@H](N)Cc3cc4ccccc4n3C)sc2cc1OC. The van der Waals surface area contributed by atoms with Crippen LogP contribution in [0.25, 0.3) is 21.0 Å². The fourth-order valence-electron chi connectivity index (χ4n) is 7.02. The molecular formula is C38H48N4O8S. The van der Waals surface area contributed by atoms with Crippen LogP contribution in [0.4, 0.5) is 0 Å². The van der Waals surface area contributed by atoms with Crippen LogP contribution in [0.3, 0.4) is 0 Å². The van der Waals surface area contributed by atoms with Crippen molar-refractivity contribution in [2.24, 2.45) is 12.8 Å². The van der Waals surface area contributed by atoms with E-state index in [4.69, 9.17) is 29.4 Å². The van der Waals surface area contributed by atoms with E-state index >= 15 is 0 Å². The Kier molecular flexibility index (Phi) is 12.3. The fraction of sp³-hybridized carbons (Fsp3) is 0.500. The number of rotatable bonds is 15. The number of hydrogen-bond donors (Lipinski definition) is 1. The number of carbonyl (C=O) groups excluding carboxylic acids is 3. The number of hydrogen-bond acceptors (Lipinski definition) is 12. The van der Waals surface area contributed by atoms with E-state index in [1.807, 2.05) is 54.1 Å². The normalized spacial score (nSPS) is 17.3. The van der Waals surface area contributed by atoms with Crippen molar-refractivity contribution in [2.75, 3.05) is 66.8 Å². The highest BCUT2D eigenvalue weighted by atomic mass is 32.1. The maximum absolute atomic E-state index is 13.4. The predicted molar refractivity (Wildman–Crippen MR) is 196 cm³/mol. The lowest BCUT2D eigenvalue weighted by molar-refractivity contribution is -0.161. The van der Waals surface area contributed by atoms with Gasteiger partial charge in [-0.25, -0.2) is 0 Å². The van der Waals surface area contributed by atoms with Gasteiger partial charge >= 0.3 is 11.9 Å². The van der Waals surface area contributed by atoms with Crippen LogP contribution in [0, 0.1) is 0 Å². The zero-order valence-corrected chi connectivity index (χ0v) is 30.5. The standard InChI is InChI=1S/C38H48N4O8S/c1-40-28(18-25-6-4-5-7-31(25)40)21-30(39)38(45)50-29(23-41-12-10-27(11-13-41)42-14-16-48-17-15-42)24-49-37(44)9-8-32(43)36-20-26-19-33(46-2)34(47-3)22-35(26)51-36/h4-7,18-20,22,27,29-30H,8-17,21,23-24,39H2,1-3H3/t29?,30-/m0/s1. The van der Waals surface area contributed by atoms with Crippen molar-refractivity contribution >= 4 is 50.0 Å². The molecule has 2 N–H and O–H groups in total. The maximum Gasteiger partial charge on any atom is 0.323 e. The van der Waals surface area contributed by atoms with Crippen molar-refractivity contribution in [3.63, 3.8) is 0 Å². The second kappa shape index (κ2) is 17.0. The van der Waals surface area contributed by atoms with E-state index in [0.717, 1.165) is 78.9 Å². The first-order valence-electron chi connectivity index (χ1n) is 17.6. The summed E-state index contributed by atoms with van der Waals surface area (Å²) >= 11 is 1.34. The maximum atomic E-state index is 13.4. The van der Waals surface area contributed by atoms with E-state index in [-0.39, 0.29) is 25.2 Å². The van der Waals surface area contributed by atoms with Crippen LogP contribution >= 0.6 is 11.3 Å². The number of carbonyl (C=O) groups is 3. The highest BCUT2D eigenvalue weighted by Gasteiger charge is 2.30. The molecule has 2 aliphatic heterocycles. The highest BCUT2D eigenvalue weighted by molar-refractivity contribution is 7.20. The minimum absolute atomic E-state index is 0.00464. The number of piperidine rings is 1. The molecule has 1 unspecified atom stereocenters. The molecule has 2 saturated heterocycles. The molecule has 274 valence electrons. The van der Waals surface area contributed by atoms with Crippen LogP contribution in [-0.4, -0.2) is 117 Å². The lowest BCUT2D eigenvalue weighted by atomic mass is 10.0. The molecule has 0 spiro atoms. The molecule has 6 rings (SSSR count). The summed E-state index contributed by atoms with van der Waals surface area (Å²) in [5, 5.41) is 1.94. The minimum atomic E-state index is -0.892. The third-order valence-electron chi connectivity index (χ3n) is 9.93. The van der Waals surface area contributed by atoms with Crippen LogP contribution in [-0.2, 0) is 37.3 Å². The average Bonchev–Trinajstić information content (AvgIpc) is 3.72. The molecular weight excluding hydrogens is 673 g/mol. The number of nitrogens with two attached hydrogens (primary N) is 1. The first-order chi connectivity index (χ1) is 24.7. The molecule has 2 atom stereocenters. The molecule has 0 radical (unpaired) electrons. The van der Waals surface area contributed by atoms with Gasteiger partial charge in [-0.1, -0.05) is 18.2 Å². The smallest absolute Gasteiger partial charge is 0.323 e. The Bertz CT molecular complexity index is 1780. The number of fused-ring (bicyclic) bond motifs is 2. The van der Waals surface area contributed by atoms with Gasteiger partial charge in [-0.05, 0) is 61.0 Å². The third-order valence-corrected chi connectivity index (χ3v) is 11.1. The summed E-state index contributed by atoms with van der Waals surface area (Å²) in [6.07, 6.45) is 1.51. The molecule has 0 bridgehead atoms. The largest absolute Gasteiger partial charge is 0.493 e. The molecule has 2 fully saturated rings. The minimum Gasteiger partial charge on any atom is -0.493 e. The molecule has 0 aliphatic carbocycles. The Labute approximate surface area is 302 Å². The number of ketones is 1. The van der Waals surface area contributed by atoms with Crippen molar-refractivity contribution in [3.05, 3.63) is 59.1 Å². The van der Waals surface area contributed by atoms with Gasteiger partial charge < -0.3 is 34.0 Å². The van der Waals surface area contributed by atoms with E-state index in [2.05, 4.69) is 9.80 Å². The van der Waals surface area contributed by atoms with Gasteiger partial charge in [-0.2, -0.15) is 0 Å². The quantitative estimate of drug-likeness (QED) is 0.140. The molecule has 51 heavy (non-hydrogen) atoms. The number of esters is 2. The zero-order valence-electron chi connectivity index (χ0n) is 29.6. The Morgan fingerprint density at radius 1 is 0.941 bits per heavy atom. The topological polar surface area (TPSA) is 135 Å². The summed E-state index contributed by atoms with van der Waals surface area (Å²) in [5.74, 6) is -0.0638. The predicted octanol–water partition coefficient (Wildman–Crippen LogP) is 4.19. The van der Waals surface area contributed by atoms with Gasteiger partial charge in [0, 0.05) is 67.5 Å². The van der Waals surface area contributed by atoms with Crippen molar-refractivity contribution in [3.8, 4) is 11.5 Å². The number of aryl methyl sites for hydroxylation is 1. The van der Waals surface area contributed by atoms with E-state index in [1.165, 1.54) is 11.3 Å². The summed E-state index contributed by atoms with van der Waals surface area (Å²) in [5.41, 5.74) is 8.39. The molecule has 4 heterocycles. The van der Waals surface area contributed by atoms with Gasteiger partial charge in [0.25, 0.3) is 0 Å². The monoisotopic (exact) mass is 720 g/mol. The van der Waals surface area contributed by atoms with Crippen molar-refractivity contribution in [1.29, 1.82) is 0 Å². The summed E-state index contributed by atoms with van der Waals surface area (Å²) < 4.78 is 30.8. The third kappa shape index (κ3) is 9.08. The van der Waals surface area contributed by atoms with Crippen molar-refractivity contribution in [2.45, 2.75) is 50.3 Å². The number of benzene rings is 2. The van der Waals surface area contributed by atoms with Crippen LogP contribution < -0.4 is 15.2 Å². The van der Waals surface area contributed by atoms with Gasteiger partial charge in [-0.15, -0.1) is 11.3 Å². The number of aromatic nitrogens is 1. The van der Waals surface area contributed by atoms with E-state index in [9.17, 15) is 14.4 Å². The Balaban J connectivity index is 1.05. The second-order valence-electron chi connectivity index (χ2n) is 13.3. The second-order valence-corrected chi connectivity index (χ2v) is 14.3. The number of para-hydroxylation sites is 1. The molecule has 0 amide bonds. The molecule has 2 aromatic carbocycles. The fourth-order valence-corrected chi connectivity index (χ4v) is 8.06. The van der Waals surface area contributed by atoms with Gasteiger partial charge in [0.2, 0.25) is 0 Å². The molecule has 4 aromatic rings. The molecule has 2 aromatic heterocycles. The lowest BCUT2D eigenvalue weighted by Crippen LogP contribution is -2.51. The number of Topliss-reactive ketones (excluding diaryl/α,β-unsaturated/α-hetero) is 1. The number of thiophene rings is 1. The van der Waals surface area contributed by atoms with Gasteiger partial charge in [-0.3, -0.25) is 24.2 Å². The van der Waals surface area contributed by atoms with E-state index < -0.39 is 24.1 Å². The summed E-state index contributed by atoms with van der Waals surface area (Å²) in [4.78, 5) is 44.6. The van der Waals surface area contributed by atoms with Crippen LogP contribution in [0.15, 0.2) is 48.5 Å². The van der Waals surface area contributed by atoms with Crippen LogP contribution in [0.5, 0.6) is 11.5 Å². The van der Waals surface area contributed by atoms with E-state index in [1.54, 1.807) is 20.3 Å². The first-order valence-corrected chi connectivity index (χ1v) is 18.4. The zero-order chi connectivity index (χ0) is 35.9. The number of likely N-dealkylation sites (tertiary alicyclic amines) is 1. The summed E-state index contributed by atoms with van der Waals surface area (Å²) in [7, 11) is 5.09. The van der Waals surface area contributed by atoms with Crippen LogP contribution in [0.1, 0.15) is 41.0 Å². The lowest BCUT2D eigenvalue weighted by Gasteiger charge is -2.40. The molecule has 0 saturated carbocycles. The number of morpholine rings is 1. The molecule has 12 nitrogen and oxygen atoms in total. The van der Waals surface area contributed by atoms with Gasteiger partial charge in [0.05, 0.1) is 38.7 Å². The van der Waals surface area contributed by atoms with Gasteiger partial charge in [0.15, 0.2) is 17.3 Å². The van der Waals surface area contributed by atoms with Crippen molar-refractivity contribution < 1.29 is 38.1 Å². The highest BCUT2D eigenvalue weighted by Crippen LogP contribution is 2.36. The van der Waals surface area contributed by atoms with Crippen LogP contribution in [0.2, 0.25) is 0 Å². The first kappa shape index (κ1) is 36.8.